The Hall–Kier alpha value is -2.38. The van der Waals surface area contributed by atoms with Crippen molar-refractivity contribution in [2.45, 2.75) is 6.42 Å². The Morgan fingerprint density at radius 1 is 1.12 bits per heavy atom. The summed E-state index contributed by atoms with van der Waals surface area (Å²) in [7, 11) is 0. The second-order valence-corrected chi connectivity index (χ2v) is 5.90. The number of nitrogens with one attached hydrogen (secondary N) is 2. The van der Waals surface area contributed by atoms with Gasteiger partial charge in [-0.25, -0.2) is 9.78 Å². The number of ether oxygens (including phenoxy) is 1. The van der Waals surface area contributed by atoms with Gasteiger partial charge in [-0.15, -0.1) is 0 Å². The zero-order chi connectivity index (χ0) is 17.3. The lowest BCUT2D eigenvalue weighted by Crippen LogP contribution is -2.44. The first-order valence-electron chi connectivity index (χ1n) is 8.63. The molecule has 1 aliphatic heterocycles. The van der Waals surface area contributed by atoms with E-state index < -0.39 is 0 Å². The molecular formula is C18H24N4O3. The number of aromatic nitrogens is 1. The van der Waals surface area contributed by atoms with Gasteiger partial charge in [0.05, 0.1) is 18.9 Å². The van der Waals surface area contributed by atoms with Crippen LogP contribution in [0.5, 0.6) is 0 Å². The molecular weight excluding hydrogens is 320 g/mol. The highest BCUT2D eigenvalue weighted by Gasteiger charge is 2.10. The maximum atomic E-state index is 11.8. The number of rotatable bonds is 7. The Kier molecular flexibility index (Phi) is 6.42. The summed E-state index contributed by atoms with van der Waals surface area (Å²) in [6, 6.07) is 9.60. The van der Waals surface area contributed by atoms with Gasteiger partial charge in [0.25, 0.3) is 0 Å². The van der Waals surface area contributed by atoms with Crippen LogP contribution in [0.2, 0.25) is 0 Å². The number of hydrogen-bond donors (Lipinski definition) is 2. The fourth-order valence-corrected chi connectivity index (χ4v) is 2.65. The van der Waals surface area contributed by atoms with E-state index in [-0.39, 0.29) is 6.03 Å². The molecule has 1 aromatic carbocycles. The van der Waals surface area contributed by atoms with Crippen LogP contribution in [-0.2, 0) is 11.2 Å². The SMILES string of the molecule is O=C(NCCc1coc(-c2ccccc2)n1)NCCN1CCOCC1. The van der Waals surface area contributed by atoms with Crippen molar-refractivity contribution in [2.75, 3.05) is 45.9 Å². The van der Waals surface area contributed by atoms with Gasteiger partial charge in [-0.1, -0.05) is 18.2 Å². The molecule has 25 heavy (non-hydrogen) atoms. The van der Waals surface area contributed by atoms with E-state index >= 15 is 0 Å². The lowest BCUT2D eigenvalue weighted by Gasteiger charge is -2.26. The van der Waals surface area contributed by atoms with Crippen molar-refractivity contribution in [2.24, 2.45) is 0 Å². The quantitative estimate of drug-likeness (QED) is 0.796. The highest BCUT2D eigenvalue weighted by Crippen LogP contribution is 2.17. The van der Waals surface area contributed by atoms with Crippen molar-refractivity contribution >= 4 is 6.03 Å². The minimum atomic E-state index is -0.153. The molecule has 2 N–H and O–H groups in total. The molecule has 3 rings (SSSR count). The van der Waals surface area contributed by atoms with Crippen LogP contribution in [0.1, 0.15) is 5.69 Å². The third-order valence-electron chi connectivity index (χ3n) is 4.06. The van der Waals surface area contributed by atoms with Crippen LogP contribution in [0.15, 0.2) is 41.0 Å². The molecule has 0 spiro atoms. The summed E-state index contributed by atoms with van der Waals surface area (Å²) >= 11 is 0. The summed E-state index contributed by atoms with van der Waals surface area (Å²) in [5.74, 6) is 0.602. The average Bonchev–Trinajstić information content (AvgIpc) is 3.12. The molecule has 7 heteroatoms. The number of nitrogens with zero attached hydrogens (tertiary/aromatic N) is 2. The van der Waals surface area contributed by atoms with Crippen molar-refractivity contribution in [3.05, 3.63) is 42.3 Å². The number of carbonyl (C=O) groups is 1. The average molecular weight is 344 g/mol. The molecule has 0 bridgehead atoms. The third kappa shape index (κ3) is 5.58. The summed E-state index contributed by atoms with van der Waals surface area (Å²) in [6.07, 6.45) is 2.27. The molecule has 2 amide bonds. The lowest BCUT2D eigenvalue weighted by molar-refractivity contribution is 0.0387. The fourth-order valence-electron chi connectivity index (χ4n) is 2.65. The van der Waals surface area contributed by atoms with Gasteiger partial charge in [0.15, 0.2) is 0 Å². The molecule has 0 atom stereocenters. The first-order chi connectivity index (χ1) is 12.3. The first kappa shape index (κ1) is 17.4. The van der Waals surface area contributed by atoms with Gasteiger partial charge >= 0.3 is 6.03 Å². The van der Waals surface area contributed by atoms with E-state index in [9.17, 15) is 4.79 Å². The molecule has 0 radical (unpaired) electrons. The summed E-state index contributed by atoms with van der Waals surface area (Å²) in [4.78, 5) is 18.5. The van der Waals surface area contributed by atoms with Crippen LogP contribution in [0.25, 0.3) is 11.5 Å². The lowest BCUT2D eigenvalue weighted by atomic mass is 10.2. The van der Waals surface area contributed by atoms with E-state index in [0.717, 1.165) is 44.1 Å². The molecule has 0 unspecified atom stereocenters. The fraction of sp³-hybridized carbons (Fsp3) is 0.444. The molecule has 134 valence electrons. The monoisotopic (exact) mass is 344 g/mol. The van der Waals surface area contributed by atoms with Crippen molar-refractivity contribution in [3.63, 3.8) is 0 Å². The number of oxazole rings is 1. The summed E-state index contributed by atoms with van der Waals surface area (Å²) < 4.78 is 10.8. The summed E-state index contributed by atoms with van der Waals surface area (Å²) in [6.45, 7) is 5.40. The minimum Gasteiger partial charge on any atom is -0.444 e. The largest absolute Gasteiger partial charge is 0.444 e. The zero-order valence-electron chi connectivity index (χ0n) is 14.2. The van der Waals surface area contributed by atoms with Crippen molar-refractivity contribution in [1.82, 2.24) is 20.5 Å². The van der Waals surface area contributed by atoms with E-state index in [0.29, 0.717) is 25.4 Å². The van der Waals surface area contributed by atoms with E-state index in [1.54, 1.807) is 6.26 Å². The molecule has 2 heterocycles. The summed E-state index contributed by atoms with van der Waals surface area (Å²) in [5.41, 5.74) is 1.77. The first-order valence-corrected chi connectivity index (χ1v) is 8.63. The Morgan fingerprint density at radius 3 is 2.68 bits per heavy atom. The number of hydrogen-bond acceptors (Lipinski definition) is 5. The van der Waals surface area contributed by atoms with Gasteiger partial charge in [0, 0.05) is 44.7 Å². The molecule has 1 aliphatic rings. The van der Waals surface area contributed by atoms with Crippen molar-refractivity contribution in [3.8, 4) is 11.5 Å². The highest BCUT2D eigenvalue weighted by atomic mass is 16.5. The van der Waals surface area contributed by atoms with E-state index in [4.69, 9.17) is 9.15 Å². The van der Waals surface area contributed by atoms with Gasteiger partial charge < -0.3 is 19.8 Å². The van der Waals surface area contributed by atoms with E-state index in [1.807, 2.05) is 30.3 Å². The maximum absolute atomic E-state index is 11.8. The summed E-state index contributed by atoms with van der Waals surface area (Å²) in [5, 5.41) is 5.71. The van der Waals surface area contributed by atoms with Gasteiger partial charge in [-0.05, 0) is 12.1 Å². The molecule has 0 aliphatic carbocycles. The minimum absolute atomic E-state index is 0.153. The highest BCUT2D eigenvalue weighted by molar-refractivity contribution is 5.73. The number of amides is 2. The second-order valence-electron chi connectivity index (χ2n) is 5.90. The third-order valence-corrected chi connectivity index (χ3v) is 4.06. The van der Waals surface area contributed by atoms with Gasteiger partial charge in [-0.3, -0.25) is 4.90 Å². The smallest absolute Gasteiger partial charge is 0.314 e. The number of benzene rings is 1. The number of morpholine rings is 1. The predicted octanol–water partition coefficient (Wildman–Crippen LogP) is 1.52. The van der Waals surface area contributed by atoms with Gasteiger partial charge in [0.2, 0.25) is 5.89 Å². The standard InChI is InChI=1S/C18H24N4O3/c23-18(20-8-9-22-10-12-24-13-11-22)19-7-6-16-14-25-17(21-16)15-4-2-1-3-5-15/h1-5,14H,6-13H2,(H2,19,20,23). The molecule has 1 aromatic heterocycles. The maximum Gasteiger partial charge on any atom is 0.314 e. The van der Waals surface area contributed by atoms with Crippen LogP contribution >= 0.6 is 0 Å². The van der Waals surface area contributed by atoms with Crippen molar-refractivity contribution < 1.29 is 13.9 Å². The zero-order valence-corrected chi connectivity index (χ0v) is 14.2. The Balaban J connectivity index is 1.32. The van der Waals surface area contributed by atoms with Crippen LogP contribution in [0.3, 0.4) is 0 Å². The van der Waals surface area contributed by atoms with E-state index in [1.165, 1.54) is 0 Å². The molecule has 0 saturated carbocycles. The molecule has 2 aromatic rings. The Bertz CT molecular complexity index is 653. The Morgan fingerprint density at radius 2 is 1.88 bits per heavy atom. The predicted molar refractivity (Wildman–Crippen MR) is 94.3 cm³/mol. The van der Waals surface area contributed by atoms with Crippen LogP contribution < -0.4 is 10.6 Å². The number of urea groups is 1. The number of carbonyl (C=O) groups excluding carboxylic acids is 1. The Labute approximate surface area is 147 Å². The van der Waals surface area contributed by atoms with E-state index in [2.05, 4.69) is 20.5 Å². The topological polar surface area (TPSA) is 79.6 Å². The molecule has 7 nitrogen and oxygen atoms in total. The van der Waals surface area contributed by atoms with Gasteiger partial charge in [0.1, 0.15) is 6.26 Å². The molecule has 1 fully saturated rings. The van der Waals surface area contributed by atoms with Gasteiger partial charge in [-0.2, -0.15) is 0 Å². The molecule has 1 saturated heterocycles. The van der Waals surface area contributed by atoms with Crippen LogP contribution in [0, 0.1) is 0 Å². The second kappa shape index (κ2) is 9.19. The van der Waals surface area contributed by atoms with Crippen LogP contribution in [-0.4, -0.2) is 61.9 Å². The van der Waals surface area contributed by atoms with Crippen molar-refractivity contribution in [1.29, 1.82) is 0 Å². The van der Waals surface area contributed by atoms with Crippen LogP contribution in [0.4, 0.5) is 4.79 Å². The normalized spacial score (nSPS) is 15.0.